The number of rotatable bonds is 5. The summed E-state index contributed by atoms with van der Waals surface area (Å²) in [7, 11) is 0. The molecule has 19 heavy (non-hydrogen) atoms. The molecule has 0 radical (unpaired) electrons. The van der Waals surface area contributed by atoms with Crippen LogP contribution in [0, 0.1) is 11.8 Å². The van der Waals surface area contributed by atoms with Gasteiger partial charge in [-0.25, -0.2) is 0 Å². The maximum absolute atomic E-state index is 5.97. The first kappa shape index (κ1) is 15.3. The lowest BCUT2D eigenvalue weighted by molar-refractivity contribution is 0.0565. The summed E-state index contributed by atoms with van der Waals surface area (Å²) >= 11 is 0. The molecule has 0 aromatic heterocycles. The Bertz CT molecular complexity index is 271. The first-order valence-electron chi connectivity index (χ1n) is 8.30. The van der Waals surface area contributed by atoms with Crippen molar-refractivity contribution in [3.8, 4) is 0 Å². The molecule has 2 rings (SSSR count). The van der Waals surface area contributed by atoms with Crippen molar-refractivity contribution in [2.24, 2.45) is 17.7 Å². The molecule has 112 valence electrons. The van der Waals surface area contributed by atoms with Crippen LogP contribution in [0.25, 0.3) is 0 Å². The second-order valence-corrected chi connectivity index (χ2v) is 7.19. The Morgan fingerprint density at radius 2 is 1.89 bits per heavy atom. The second kappa shape index (κ2) is 6.55. The van der Waals surface area contributed by atoms with Gasteiger partial charge < -0.3 is 0 Å². The van der Waals surface area contributed by atoms with Gasteiger partial charge in [0.25, 0.3) is 0 Å². The maximum atomic E-state index is 5.97. The first-order valence-corrected chi connectivity index (χ1v) is 8.30. The summed E-state index contributed by atoms with van der Waals surface area (Å²) in [5.74, 6) is 7.64. The summed E-state index contributed by atoms with van der Waals surface area (Å²) in [4.78, 5) is 2.65. The van der Waals surface area contributed by atoms with E-state index in [1.807, 2.05) is 0 Å². The smallest absolute Gasteiger partial charge is 0.0417 e. The molecule has 0 amide bonds. The fourth-order valence-corrected chi connectivity index (χ4v) is 4.41. The Morgan fingerprint density at radius 1 is 1.21 bits per heavy atom. The third-order valence-electron chi connectivity index (χ3n) is 5.73. The summed E-state index contributed by atoms with van der Waals surface area (Å²) in [5, 5.41) is 0. The highest BCUT2D eigenvalue weighted by Gasteiger charge is 2.41. The molecule has 3 nitrogen and oxygen atoms in total. The third kappa shape index (κ3) is 3.32. The molecule has 0 bridgehead atoms. The van der Waals surface area contributed by atoms with Crippen LogP contribution in [0.1, 0.15) is 65.7 Å². The van der Waals surface area contributed by atoms with E-state index in [9.17, 15) is 0 Å². The molecule has 3 atom stereocenters. The zero-order valence-corrected chi connectivity index (χ0v) is 13.1. The fraction of sp³-hybridized carbons (Fsp3) is 1.00. The molecule has 3 heteroatoms. The molecule has 1 aliphatic heterocycles. The number of hydrogen-bond acceptors (Lipinski definition) is 3. The van der Waals surface area contributed by atoms with Crippen LogP contribution in [0.15, 0.2) is 0 Å². The van der Waals surface area contributed by atoms with Crippen LogP contribution < -0.4 is 11.3 Å². The molecule has 1 aliphatic carbocycles. The molecule has 2 aliphatic rings. The van der Waals surface area contributed by atoms with Gasteiger partial charge in [-0.05, 0) is 64.5 Å². The van der Waals surface area contributed by atoms with E-state index in [1.165, 1.54) is 58.0 Å². The SMILES string of the molecule is CCC1CCCC(C(NN)C(C)(C)N2CCCC2)C1. The Morgan fingerprint density at radius 3 is 2.47 bits per heavy atom. The minimum absolute atomic E-state index is 0.186. The first-order chi connectivity index (χ1) is 9.09. The Balaban J connectivity index is 2.05. The summed E-state index contributed by atoms with van der Waals surface area (Å²) in [6, 6.07) is 0.431. The van der Waals surface area contributed by atoms with Gasteiger partial charge >= 0.3 is 0 Å². The number of nitrogens with one attached hydrogen (secondary N) is 1. The van der Waals surface area contributed by atoms with E-state index in [2.05, 4.69) is 31.1 Å². The molecular weight excluding hydrogens is 234 g/mol. The van der Waals surface area contributed by atoms with Crippen molar-refractivity contribution < 1.29 is 0 Å². The Hall–Kier alpha value is -0.120. The monoisotopic (exact) mass is 267 g/mol. The van der Waals surface area contributed by atoms with Crippen molar-refractivity contribution in [1.82, 2.24) is 10.3 Å². The molecule has 0 spiro atoms. The van der Waals surface area contributed by atoms with E-state index in [1.54, 1.807) is 0 Å². The molecule has 1 heterocycles. The lowest BCUT2D eigenvalue weighted by atomic mass is 9.72. The maximum Gasteiger partial charge on any atom is 0.0417 e. The highest BCUT2D eigenvalue weighted by molar-refractivity contribution is 4.98. The highest BCUT2D eigenvalue weighted by Crippen LogP contribution is 2.38. The van der Waals surface area contributed by atoms with Gasteiger partial charge in [0.15, 0.2) is 0 Å². The largest absolute Gasteiger partial charge is 0.297 e. The van der Waals surface area contributed by atoms with Gasteiger partial charge in [0.2, 0.25) is 0 Å². The van der Waals surface area contributed by atoms with Crippen LogP contribution in [0.4, 0.5) is 0 Å². The van der Waals surface area contributed by atoms with E-state index in [0.29, 0.717) is 6.04 Å². The van der Waals surface area contributed by atoms with Crippen molar-refractivity contribution in [3.05, 3.63) is 0 Å². The van der Waals surface area contributed by atoms with Crippen LogP contribution in [0.5, 0.6) is 0 Å². The topological polar surface area (TPSA) is 41.3 Å². The number of likely N-dealkylation sites (tertiary alicyclic amines) is 1. The fourth-order valence-electron chi connectivity index (χ4n) is 4.41. The predicted molar refractivity (Wildman–Crippen MR) is 81.7 cm³/mol. The predicted octanol–water partition coefficient (Wildman–Crippen LogP) is 2.91. The van der Waals surface area contributed by atoms with E-state index in [-0.39, 0.29) is 5.54 Å². The van der Waals surface area contributed by atoms with Gasteiger partial charge in [0, 0.05) is 11.6 Å². The minimum Gasteiger partial charge on any atom is -0.297 e. The van der Waals surface area contributed by atoms with E-state index in [4.69, 9.17) is 5.84 Å². The van der Waals surface area contributed by atoms with Crippen molar-refractivity contribution in [2.75, 3.05) is 13.1 Å². The average molecular weight is 267 g/mol. The minimum atomic E-state index is 0.186. The molecule has 1 saturated carbocycles. The number of nitrogens with two attached hydrogens (primary N) is 1. The van der Waals surface area contributed by atoms with Crippen LogP contribution in [-0.2, 0) is 0 Å². The zero-order valence-electron chi connectivity index (χ0n) is 13.1. The molecule has 0 aromatic rings. The standard InChI is InChI=1S/C16H33N3/c1-4-13-8-7-9-14(12-13)15(18-17)16(2,3)19-10-5-6-11-19/h13-15,18H,4-12,17H2,1-3H3. The van der Waals surface area contributed by atoms with Gasteiger partial charge in [-0.2, -0.15) is 0 Å². The average Bonchev–Trinajstić information content (AvgIpc) is 2.94. The van der Waals surface area contributed by atoms with Crippen molar-refractivity contribution >= 4 is 0 Å². The molecular formula is C16H33N3. The lowest BCUT2D eigenvalue weighted by Crippen LogP contribution is -2.62. The van der Waals surface area contributed by atoms with Gasteiger partial charge in [-0.1, -0.05) is 26.2 Å². The molecule has 1 saturated heterocycles. The number of hydrogen-bond donors (Lipinski definition) is 2. The highest BCUT2D eigenvalue weighted by atomic mass is 15.3. The zero-order chi connectivity index (χ0) is 13.9. The normalized spacial score (nSPS) is 31.6. The summed E-state index contributed by atoms with van der Waals surface area (Å²) in [6.07, 6.45) is 9.56. The van der Waals surface area contributed by atoms with Crippen LogP contribution in [0.3, 0.4) is 0 Å². The van der Waals surface area contributed by atoms with E-state index >= 15 is 0 Å². The van der Waals surface area contributed by atoms with Crippen LogP contribution in [0.2, 0.25) is 0 Å². The Labute approximate surface area is 119 Å². The van der Waals surface area contributed by atoms with Crippen molar-refractivity contribution in [1.29, 1.82) is 0 Å². The molecule has 0 aromatic carbocycles. The summed E-state index contributed by atoms with van der Waals surface area (Å²) < 4.78 is 0. The van der Waals surface area contributed by atoms with Crippen LogP contribution in [-0.4, -0.2) is 29.6 Å². The molecule has 3 N–H and O–H groups in total. The van der Waals surface area contributed by atoms with Gasteiger partial charge in [0.05, 0.1) is 0 Å². The van der Waals surface area contributed by atoms with Gasteiger partial charge in [-0.3, -0.25) is 16.2 Å². The summed E-state index contributed by atoms with van der Waals surface area (Å²) in [6.45, 7) is 9.60. The number of nitrogens with zero attached hydrogens (tertiary/aromatic N) is 1. The quantitative estimate of drug-likeness (QED) is 0.594. The molecule has 2 fully saturated rings. The van der Waals surface area contributed by atoms with E-state index in [0.717, 1.165) is 11.8 Å². The van der Waals surface area contributed by atoms with E-state index < -0.39 is 0 Å². The molecule has 3 unspecified atom stereocenters. The number of hydrazine groups is 1. The van der Waals surface area contributed by atoms with Crippen molar-refractivity contribution in [3.63, 3.8) is 0 Å². The van der Waals surface area contributed by atoms with Gasteiger partial charge in [0.1, 0.15) is 0 Å². The Kier molecular flexibility index (Phi) is 5.27. The lowest BCUT2D eigenvalue weighted by Gasteiger charge is -2.47. The third-order valence-corrected chi connectivity index (χ3v) is 5.73. The van der Waals surface area contributed by atoms with Gasteiger partial charge in [-0.15, -0.1) is 0 Å². The van der Waals surface area contributed by atoms with Crippen molar-refractivity contribution in [2.45, 2.75) is 77.3 Å². The van der Waals surface area contributed by atoms with Crippen LogP contribution >= 0.6 is 0 Å². The second-order valence-electron chi connectivity index (χ2n) is 7.19. The summed E-state index contributed by atoms with van der Waals surface area (Å²) in [5.41, 5.74) is 3.38.